The molecule has 0 atom stereocenters. The van der Waals surface area contributed by atoms with Crippen molar-refractivity contribution in [3.63, 3.8) is 0 Å². The highest BCUT2D eigenvalue weighted by atomic mass is 35.5. The Labute approximate surface area is 119 Å². The Hall–Kier alpha value is -1.36. The highest BCUT2D eigenvalue weighted by Crippen LogP contribution is 2.26. The molecule has 0 radical (unpaired) electrons. The van der Waals surface area contributed by atoms with Crippen molar-refractivity contribution < 1.29 is 4.79 Å². The van der Waals surface area contributed by atoms with Crippen molar-refractivity contribution in [1.82, 2.24) is 9.97 Å². The summed E-state index contributed by atoms with van der Waals surface area (Å²) in [5.41, 5.74) is 6.06. The molecule has 19 heavy (non-hydrogen) atoms. The number of hydrogen-bond acceptors (Lipinski definition) is 4. The SMILES string of the molecule is Cc1c(Cl)nc(C(C)C)nc1N(CC(N)=O)C(C)C. The van der Waals surface area contributed by atoms with Crippen LogP contribution in [0.1, 0.15) is 45.0 Å². The fraction of sp³-hybridized carbons (Fsp3) is 0.615. The first-order valence-electron chi connectivity index (χ1n) is 6.33. The molecule has 0 aliphatic heterocycles. The number of carbonyl (C=O) groups is 1. The van der Waals surface area contributed by atoms with Gasteiger partial charge < -0.3 is 10.6 Å². The van der Waals surface area contributed by atoms with Crippen LogP contribution in [0.5, 0.6) is 0 Å². The van der Waals surface area contributed by atoms with Crippen LogP contribution in [0.3, 0.4) is 0 Å². The minimum Gasteiger partial charge on any atom is -0.368 e. The van der Waals surface area contributed by atoms with Crippen molar-refractivity contribution in [3.05, 3.63) is 16.5 Å². The maximum absolute atomic E-state index is 11.2. The molecule has 1 heterocycles. The number of anilines is 1. The summed E-state index contributed by atoms with van der Waals surface area (Å²) in [6.45, 7) is 9.92. The average Bonchev–Trinajstić information content (AvgIpc) is 2.29. The van der Waals surface area contributed by atoms with Gasteiger partial charge in [-0.1, -0.05) is 25.4 Å². The lowest BCUT2D eigenvalue weighted by atomic mass is 10.2. The number of rotatable bonds is 5. The van der Waals surface area contributed by atoms with Crippen LogP contribution in [0.15, 0.2) is 0 Å². The van der Waals surface area contributed by atoms with E-state index < -0.39 is 5.91 Å². The van der Waals surface area contributed by atoms with Crippen LogP contribution < -0.4 is 10.6 Å². The number of carbonyl (C=O) groups excluding carboxylic acids is 1. The summed E-state index contributed by atoms with van der Waals surface area (Å²) in [6, 6.07) is 0.0946. The molecule has 1 rings (SSSR count). The largest absolute Gasteiger partial charge is 0.368 e. The van der Waals surface area contributed by atoms with Crippen LogP contribution in [0.4, 0.5) is 5.82 Å². The normalized spacial score (nSPS) is 11.2. The van der Waals surface area contributed by atoms with E-state index >= 15 is 0 Å². The summed E-state index contributed by atoms with van der Waals surface area (Å²) in [4.78, 5) is 21.8. The van der Waals surface area contributed by atoms with Crippen LogP contribution in [-0.2, 0) is 4.79 Å². The van der Waals surface area contributed by atoms with E-state index in [2.05, 4.69) is 9.97 Å². The molecule has 6 heteroatoms. The summed E-state index contributed by atoms with van der Waals surface area (Å²) >= 11 is 6.15. The topological polar surface area (TPSA) is 72.1 Å². The minimum atomic E-state index is -0.395. The highest BCUT2D eigenvalue weighted by Gasteiger charge is 2.20. The molecule has 0 bridgehead atoms. The molecule has 0 fully saturated rings. The molecule has 0 aliphatic carbocycles. The summed E-state index contributed by atoms with van der Waals surface area (Å²) < 4.78 is 0. The number of nitrogens with zero attached hydrogens (tertiary/aromatic N) is 3. The van der Waals surface area contributed by atoms with Crippen molar-refractivity contribution in [2.24, 2.45) is 5.73 Å². The highest BCUT2D eigenvalue weighted by molar-refractivity contribution is 6.30. The Bertz CT molecular complexity index is 474. The molecular formula is C13H21ClN4O. The fourth-order valence-corrected chi connectivity index (χ4v) is 1.87. The third-order valence-electron chi connectivity index (χ3n) is 2.82. The van der Waals surface area contributed by atoms with E-state index in [0.717, 1.165) is 5.56 Å². The number of hydrogen-bond donors (Lipinski definition) is 1. The molecule has 0 aliphatic rings. The molecule has 5 nitrogen and oxygen atoms in total. The van der Waals surface area contributed by atoms with Crippen LogP contribution >= 0.6 is 11.6 Å². The lowest BCUT2D eigenvalue weighted by Gasteiger charge is -2.28. The molecular weight excluding hydrogens is 264 g/mol. The zero-order chi connectivity index (χ0) is 14.7. The standard InChI is InChI=1S/C13H21ClN4O/c1-7(2)12-16-11(14)9(5)13(17-12)18(8(3)4)6-10(15)19/h7-8H,6H2,1-5H3,(H2,15,19). The maximum atomic E-state index is 11.2. The molecule has 1 aromatic heterocycles. The predicted molar refractivity (Wildman–Crippen MR) is 77.5 cm³/mol. The zero-order valence-corrected chi connectivity index (χ0v) is 12.8. The Morgan fingerprint density at radius 1 is 1.32 bits per heavy atom. The molecule has 0 spiro atoms. The Morgan fingerprint density at radius 2 is 1.89 bits per heavy atom. The lowest BCUT2D eigenvalue weighted by Crippen LogP contribution is -2.39. The zero-order valence-electron chi connectivity index (χ0n) is 12.1. The predicted octanol–water partition coefficient (Wildman–Crippen LogP) is 2.26. The third-order valence-corrected chi connectivity index (χ3v) is 3.18. The van der Waals surface area contributed by atoms with E-state index in [1.807, 2.05) is 39.5 Å². The molecule has 0 aromatic carbocycles. The summed E-state index contributed by atoms with van der Waals surface area (Å²) in [7, 11) is 0. The van der Waals surface area contributed by atoms with Gasteiger partial charge in [-0.25, -0.2) is 9.97 Å². The van der Waals surface area contributed by atoms with E-state index in [1.54, 1.807) is 0 Å². The molecule has 2 N–H and O–H groups in total. The third kappa shape index (κ3) is 3.80. The van der Waals surface area contributed by atoms with Crippen LogP contribution in [0.2, 0.25) is 5.15 Å². The van der Waals surface area contributed by atoms with Gasteiger partial charge in [0.25, 0.3) is 0 Å². The molecule has 1 amide bonds. The van der Waals surface area contributed by atoms with Crippen molar-refractivity contribution in [1.29, 1.82) is 0 Å². The number of halogens is 1. The summed E-state index contributed by atoms with van der Waals surface area (Å²) in [5.74, 6) is 1.12. The van der Waals surface area contributed by atoms with E-state index in [9.17, 15) is 4.79 Å². The Kier molecular flexibility index (Phi) is 5.11. The van der Waals surface area contributed by atoms with Gasteiger partial charge in [-0.3, -0.25) is 4.79 Å². The van der Waals surface area contributed by atoms with Gasteiger partial charge in [0.05, 0.1) is 6.54 Å². The fourth-order valence-electron chi connectivity index (χ4n) is 1.70. The van der Waals surface area contributed by atoms with Gasteiger partial charge in [-0.2, -0.15) is 0 Å². The number of aromatic nitrogens is 2. The Balaban J connectivity index is 3.32. The first kappa shape index (κ1) is 15.7. The van der Waals surface area contributed by atoms with Gasteiger partial charge in [-0.05, 0) is 20.8 Å². The second kappa shape index (κ2) is 6.19. The summed E-state index contributed by atoms with van der Waals surface area (Å²) in [6.07, 6.45) is 0. The Morgan fingerprint density at radius 3 is 2.32 bits per heavy atom. The van der Waals surface area contributed by atoms with E-state index in [0.29, 0.717) is 16.8 Å². The first-order valence-corrected chi connectivity index (χ1v) is 6.70. The van der Waals surface area contributed by atoms with Gasteiger partial charge in [0.1, 0.15) is 16.8 Å². The van der Waals surface area contributed by atoms with Crippen molar-refractivity contribution in [3.8, 4) is 0 Å². The van der Waals surface area contributed by atoms with Gasteiger partial charge in [-0.15, -0.1) is 0 Å². The minimum absolute atomic E-state index is 0.0946. The summed E-state index contributed by atoms with van der Waals surface area (Å²) in [5, 5.41) is 0.420. The molecule has 0 saturated carbocycles. The van der Waals surface area contributed by atoms with Gasteiger partial charge >= 0.3 is 0 Å². The molecule has 0 unspecified atom stereocenters. The van der Waals surface area contributed by atoms with Gasteiger partial charge in [0.15, 0.2) is 0 Å². The van der Waals surface area contributed by atoms with Crippen LogP contribution in [-0.4, -0.2) is 28.5 Å². The molecule has 106 valence electrons. The average molecular weight is 285 g/mol. The van der Waals surface area contributed by atoms with Crippen molar-refractivity contribution in [2.75, 3.05) is 11.4 Å². The van der Waals surface area contributed by atoms with E-state index in [1.165, 1.54) is 0 Å². The van der Waals surface area contributed by atoms with Crippen molar-refractivity contribution in [2.45, 2.75) is 46.6 Å². The lowest BCUT2D eigenvalue weighted by molar-refractivity contribution is -0.116. The van der Waals surface area contributed by atoms with Gasteiger partial charge in [0, 0.05) is 17.5 Å². The second-order valence-electron chi connectivity index (χ2n) is 5.16. The number of nitrogens with two attached hydrogens (primary N) is 1. The molecule has 0 saturated heterocycles. The van der Waals surface area contributed by atoms with E-state index in [4.69, 9.17) is 17.3 Å². The molecule has 1 aromatic rings. The number of amides is 1. The quantitative estimate of drug-likeness (QED) is 0.842. The van der Waals surface area contributed by atoms with E-state index in [-0.39, 0.29) is 18.5 Å². The van der Waals surface area contributed by atoms with Crippen molar-refractivity contribution >= 4 is 23.3 Å². The first-order chi connectivity index (χ1) is 8.73. The van der Waals surface area contributed by atoms with Crippen LogP contribution in [0.25, 0.3) is 0 Å². The van der Waals surface area contributed by atoms with Crippen LogP contribution in [0, 0.1) is 6.92 Å². The smallest absolute Gasteiger partial charge is 0.237 e. The maximum Gasteiger partial charge on any atom is 0.237 e. The van der Waals surface area contributed by atoms with Gasteiger partial charge in [0.2, 0.25) is 5.91 Å². The monoisotopic (exact) mass is 284 g/mol. The second-order valence-corrected chi connectivity index (χ2v) is 5.52. The number of primary amides is 1.